The maximum atomic E-state index is 11.0. The van der Waals surface area contributed by atoms with E-state index in [4.69, 9.17) is 5.11 Å². The number of rotatable bonds is 7. The molecular formula is C12H17BrO2S. The summed E-state index contributed by atoms with van der Waals surface area (Å²) in [5.41, 5.74) is 0.973. The third kappa shape index (κ3) is 4.26. The van der Waals surface area contributed by atoms with Crippen LogP contribution in [-0.4, -0.2) is 11.1 Å². The Morgan fingerprint density at radius 2 is 2.06 bits per heavy atom. The maximum absolute atomic E-state index is 11.0. The van der Waals surface area contributed by atoms with Crippen molar-refractivity contribution in [2.45, 2.75) is 45.4 Å². The highest BCUT2D eigenvalue weighted by molar-refractivity contribution is 9.11. The van der Waals surface area contributed by atoms with Gasteiger partial charge in [-0.1, -0.05) is 32.6 Å². The minimum atomic E-state index is -0.806. The van der Waals surface area contributed by atoms with Crippen molar-refractivity contribution in [3.63, 3.8) is 0 Å². The van der Waals surface area contributed by atoms with Gasteiger partial charge in [-0.2, -0.15) is 0 Å². The molecule has 0 unspecified atom stereocenters. The average Bonchev–Trinajstić information content (AvgIpc) is 2.59. The van der Waals surface area contributed by atoms with Gasteiger partial charge in [0.1, 0.15) is 4.88 Å². The minimum absolute atomic E-state index is 0.488. The first kappa shape index (κ1) is 13.7. The van der Waals surface area contributed by atoms with E-state index in [1.807, 2.05) is 6.07 Å². The van der Waals surface area contributed by atoms with Crippen LogP contribution in [0.15, 0.2) is 9.85 Å². The Labute approximate surface area is 109 Å². The summed E-state index contributed by atoms with van der Waals surface area (Å²) in [6, 6.07) is 1.94. The first-order valence-electron chi connectivity index (χ1n) is 5.66. The van der Waals surface area contributed by atoms with Gasteiger partial charge in [0.05, 0.1) is 3.79 Å². The predicted octanol–water partition coefficient (Wildman–Crippen LogP) is 4.72. The van der Waals surface area contributed by atoms with Gasteiger partial charge in [-0.3, -0.25) is 0 Å². The number of carbonyl (C=O) groups is 1. The summed E-state index contributed by atoms with van der Waals surface area (Å²) >= 11 is 4.65. The Morgan fingerprint density at radius 1 is 1.38 bits per heavy atom. The molecule has 0 aliphatic carbocycles. The van der Waals surface area contributed by atoms with Gasteiger partial charge in [0, 0.05) is 0 Å². The molecular weight excluding hydrogens is 288 g/mol. The number of carboxylic acids is 1. The lowest BCUT2D eigenvalue weighted by molar-refractivity contribution is 0.0701. The Morgan fingerprint density at radius 3 is 2.69 bits per heavy atom. The van der Waals surface area contributed by atoms with Crippen molar-refractivity contribution >= 4 is 33.2 Å². The third-order valence-electron chi connectivity index (χ3n) is 2.52. The van der Waals surface area contributed by atoms with E-state index in [9.17, 15) is 4.79 Å². The number of hydrogen-bond acceptors (Lipinski definition) is 2. The zero-order valence-corrected chi connectivity index (χ0v) is 11.9. The number of carboxylic acid groups (broad SMARTS) is 1. The summed E-state index contributed by atoms with van der Waals surface area (Å²) < 4.78 is 0.911. The number of aromatic carboxylic acids is 1. The fourth-order valence-electron chi connectivity index (χ4n) is 1.68. The van der Waals surface area contributed by atoms with E-state index in [0.717, 1.165) is 22.2 Å². The quantitative estimate of drug-likeness (QED) is 0.740. The molecule has 0 saturated heterocycles. The number of aryl methyl sites for hydroxylation is 1. The average molecular weight is 305 g/mol. The first-order chi connectivity index (χ1) is 7.65. The molecule has 0 saturated carbocycles. The molecule has 0 radical (unpaired) electrons. The first-order valence-corrected chi connectivity index (χ1v) is 7.27. The van der Waals surface area contributed by atoms with E-state index in [0.29, 0.717) is 4.88 Å². The number of unbranched alkanes of at least 4 members (excludes halogenated alkanes) is 4. The molecule has 0 atom stereocenters. The van der Waals surface area contributed by atoms with Gasteiger partial charge in [0.2, 0.25) is 0 Å². The Bertz CT molecular complexity index is 347. The standard InChI is InChI=1S/C12H17BrO2S/c1-2-3-4-5-6-7-9-8-10(13)16-11(9)12(14)15/h8H,2-7H2,1H3,(H,14,15). The van der Waals surface area contributed by atoms with Gasteiger partial charge in [-0.25, -0.2) is 4.79 Å². The molecule has 2 nitrogen and oxygen atoms in total. The molecule has 0 amide bonds. The summed E-state index contributed by atoms with van der Waals surface area (Å²) in [7, 11) is 0. The number of hydrogen-bond donors (Lipinski definition) is 1. The SMILES string of the molecule is CCCCCCCc1cc(Br)sc1C(=O)O. The topological polar surface area (TPSA) is 37.3 Å². The molecule has 1 aromatic heterocycles. The van der Waals surface area contributed by atoms with E-state index in [1.54, 1.807) is 0 Å². The summed E-state index contributed by atoms with van der Waals surface area (Å²) in [6.07, 6.45) is 6.94. The lowest BCUT2D eigenvalue weighted by Gasteiger charge is -2.00. The Kier molecular flexibility index (Phi) is 6.06. The van der Waals surface area contributed by atoms with Gasteiger partial charge in [0.25, 0.3) is 0 Å². The van der Waals surface area contributed by atoms with Crippen LogP contribution >= 0.6 is 27.3 Å². The molecule has 0 bridgehead atoms. The van der Waals surface area contributed by atoms with Gasteiger partial charge in [-0.05, 0) is 40.4 Å². The van der Waals surface area contributed by atoms with E-state index in [1.165, 1.54) is 37.0 Å². The monoisotopic (exact) mass is 304 g/mol. The normalized spacial score (nSPS) is 10.6. The molecule has 16 heavy (non-hydrogen) atoms. The van der Waals surface area contributed by atoms with Crippen molar-refractivity contribution in [2.75, 3.05) is 0 Å². The molecule has 0 aliphatic heterocycles. The molecule has 0 aliphatic rings. The fourth-order valence-corrected chi connectivity index (χ4v) is 3.22. The fraction of sp³-hybridized carbons (Fsp3) is 0.583. The predicted molar refractivity (Wildman–Crippen MR) is 71.4 cm³/mol. The number of thiophene rings is 1. The van der Waals surface area contributed by atoms with Crippen molar-refractivity contribution in [1.29, 1.82) is 0 Å². The molecule has 1 rings (SSSR count). The molecule has 0 fully saturated rings. The van der Waals surface area contributed by atoms with Crippen LogP contribution in [0.3, 0.4) is 0 Å². The Balaban J connectivity index is 2.44. The van der Waals surface area contributed by atoms with Crippen molar-refractivity contribution in [3.8, 4) is 0 Å². The van der Waals surface area contributed by atoms with E-state index in [2.05, 4.69) is 22.9 Å². The highest BCUT2D eigenvalue weighted by atomic mass is 79.9. The molecule has 90 valence electrons. The lowest BCUT2D eigenvalue weighted by atomic mass is 10.1. The summed E-state index contributed by atoms with van der Waals surface area (Å²) in [5.74, 6) is -0.806. The van der Waals surface area contributed by atoms with Crippen LogP contribution < -0.4 is 0 Å². The summed E-state index contributed by atoms with van der Waals surface area (Å²) in [4.78, 5) is 11.4. The second-order valence-corrected chi connectivity index (χ2v) is 6.31. The molecule has 4 heteroatoms. The van der Waals surface area contributed by atoms with E-state index in [-0.39, 0.29) is 0 Å². The van der Waals surface area contributed by atoms with Crippen molar-refractivity contribution < 1.29 is 9.90 Å². The number of halogens is 1. The van der Waals surface area contributed by atoms with Crippen molar-refractivity contribution in [2.24, 2.45) is 0 Å². The third-order valence-corrected chi connectivity index (χ3v) is 4.19. The van der Waals surface area contributed by atoms with Crippen LogP contribution in [0.25, 0.3) is 0 Å². The van der Waals surface area contributed by atoms with Gasteiger partial charge in [0.15, 0.2) is 0 Å². The van der Waals surface area contributed by atoms with Crippen LogP contribution in [-0.2, 0) is 6.42 Å². The van der Waals surface area contributed by atoms with Crippen molar-refractivity contribution in [3.05, 3.63) is 20.3 Å². The van der Waals surface area contributed by atoms with E-state index < -0.39 is 5.97 Å². The summed E-state index contributed by atoms with van der Waals surface area (Å²) in [6.45, 7) is 2.19. The highest BCUT2D eigenvalue weighted by Crippen LogP contribution is 2.28. The summed E-state index contributed by atoms with van der Waals surface area (Å²) in [5, 5.41) is 9.01. The lowest BCUT2D eigenvalue weighted by Crippen LogP contribution is -1.97. The largest absolute Gasteiger partial charge is 0.477 e. The van der Waals surface area contributed by atoms with Crippen LogP contribution in [0.4, 0.5) is 0 Å². The molecule has 1 aromatic rings. The second kappa shape index (κ2) is 7.07. The van der Waals surface area contributed by atoms with Gasteiger partial charge < -0.3 is 5.11 Å². The van der Waals surface area contributed by atoms with Gasteiger partial charge in [-0.15, -0.1) is 11.3 Å². The van der Waals surface area contributed by atoms with Crippen LogP contribution in [0, 0.1) is 0 Å². The molecule has 0 aromatic carbocycles. The minimum Gasteiger partial charge on any atom is -0.477 e. The Hall–Kier alpha value is -0.350. The maximum Gasteiger partial charge on any atom is 0.346 e. The zero-order valence-electron chi connectivity index (χ0n) is 9.46. The smallest absolute Gasteiger partial charge is 0.346 e. The van der Waals surface area contributed by atoms with Crippen LogP contribution in [0.5, 0.6) is 0 Å². The zero-order chi connectivity index (χ0) is 12.0. The molecule has 1 N–H and O–H groups in total. The highest BCUT2D eigenvalue weighted by Gasteiger charge is 2.13. The van der Waals surface area contributed by atoms with E-state index >= 15 is 0 Å². The molecule has 0 spiro atoms. The van der Waals surface area contributed by atoms with Gasteiger partial charge >= 0.3 is 5.97 Å². The molecule has 1 heterocycles. The van der Waals surface area contributed by atoms with Crippen molar-refractivity contribution in [1.82, 2.24) is 0 Å². The van der Waals surface area contributed by atoms with Crippen LogP contribution in [0.1, 0.15) is 54.3 Å². The second-order valence-electron chi connectivity index (χ2n) is 3.87. The van der Waals surface area contributed by atoms with Crippen LogP contribution in [0.2, 0.25) is 0 Å².